The molecule has 1 aromatic rings. The van der Waals surface area contributed by atoms with Gasteiger partial charge in [-0.2, -0.15) is 0 Å². The molecule has 0 aliphatic carbocycles. The van der Waals surface area contributed by atoms with Crippen molar-refractivity contribution >= 4 is 23.7 Å². The van der Waals surface area contributed by atoms with E-state index in [1.807, 2.05) is 6.07 Å². The van der Waals surface area contributed by atoms with E-state index in [0.717, 1.165) is 12.0 Å². The minimum Gasteiger partial charge on any atom is -0.480 e. The Labute approximate surface area is 206 Å². The maximum Gasteiger partial charge on any atom is 0.325 e. The molecule has 0 saturated carbocycles. The van der Waals surface area contributed by atoms with E-state index in [-0.39, 0.29) is 6.42 Å². The quantitative estimate of drug-likeness (QED) is 0.139. The molecule has 10 N–H and O–H groups in total. The first-order chi connectivity index (χ1) is 16.7. The zero-order chi connectivity index (χ0) is 26.2. The lowest BCUT2D eigenvalue weighted by Crippen LogP contribution is -2.57. The minimum atomic E-state index is -1.20. The number of carboxylic acids is 1. The van der Waals surface area contributed by atoms with Gasteiger partial charge in [0.05, 0.1) is 6.04 Å². The lowest BCUT2D eigenvalue weighted by Gasteiger charge is -2.25. The number of benzene rings is 1. The van der Waals surface area contributed by atoms with Crippen LogP contribution in [0.3, 0.4) is 0 Å². The predicted molar refractivity (Wildman–Crippen MR) is 133 cm³/mol. The van der Waals surface area contributed by atoms with Crippen molar-refractivity contribution in [2.45, 2.75) is 76.0 Å². The van der Waals surface area contributed by atoms with Crippen LogP contribution < -0.4 is 33.2 Å². The van der Waals surface area contributed by atoms with Gasteiger partial charge in [0.25, 0.3) is 0 Å². The van der Waals surface area contributed by atoms with E-state index in [1.165, 1.54) is 6.92 Å². The van der Waals surface area contributed by atoms with Gasteiger partial charge in [0, 0.05) is 6.42 Å². The Hall–Kier alpha value is -3.02. The Bertz CT molecular complexity index is 807. The van der Waals surface area contributed by atoms with Gasteiger partial charge in [-0.3, -0.25) is 19.2 Å². The Kier molecular flexibility index (Phi) is 14.2. The maximum atomic E-state index is 13.2. The van der Waals surface area contributed by atoms with Crippen LogP contribution in [0.2, 0.25) is 0 Å². The molecule has 3 amide bonds. The average Bonchev–Trinajstić information content (AvgIpc) is 2.83. The predicted octanol–water partition coefficient (Wildman–Crippen LogP) is -0.627. The number of nitrogens with one attached hydrogen (secondary N) is 3. The Morgan fingerprint density at radius 2 is 1.34 bits per heavy atom. The molecule has 0 aliphatic rings. The largest absolute Gasteiger partial charge is 0.480 e. The summed E-state index contributed by atoms with van der Waals surface area (Å²) in [4.78, 5) is 49.8. The van der Waals surface area contributed by atoms with Crippen molar-refractivity contribution in [3.8, 4) is 0 Å². The van der Waals surface area contributed by atoms with Crippen molar-refractivity contribution in [3.05, 3.63) is 35.9 Å². The third kappa shape index (κ3) is 11.8. The maximum absolute atomic E-state index is 13.2. The second kappa shape index (κ2) is 16.6. The third-order valence-corrected chi connectivity index (χ3v) is 5.53. The van der Waals surface area contributed by atoms with Gasteiger partial charge in [0.1, 0.15) is 18.1 Å². The van der Waals surface area contributed by atoms with Crippen molar-refractivity contribution in [1.29, 1.82) is 0 Å². The van der Waals surface area contributed by atoms with E-state index >= 15 is 0 Å². The van der Waals surface area contributed by atoms with Gasteiger partial charge in [-0.05, 0) is 57.7 Å². The number of carbonyl (C=O) groups is 4. The van der Waals surface area contributed by atoms with Gasteiger partial charge in [0.2, 0.25) is 17.7 Å². The molecular formula is C24H40N6O5. The molecule has 4 atom stereocenters. The normalized spacial score (nSPS) is 14.3. The Morgan fingerprint density at radius 3 is 1.91 bits per heavy atom. The summed E-state index contributed by atoms with van der Waals surface area (Å²) in [7, 11) is 0. The van der Waals surface area contributed by atoms with E-state index in [0.29, 0.717) is 45.2 Å². The van der Waals surface area contributed by atoms with Crippen molar-refractivity contribution in [2.24, 2.45) is 17.2 Å². The molecule has 0 aliphatic heterocycles. The number of nitrogens with two attached hydrogens (primary N) is 3. The van der Waals surface area contributed by atoms with E-state index in [4.69, 9.17) is 22.3 Å². The monoisotopic (exact) mass is 492 g/mol. The lowest BCUT2D eigenvalue weighted by molar-refractivity contribution is -0.141. The number of amides is 3. The molecule has 0 bridgehead atoms. The molecule has 0 spiro atoms. The summed E-state index contributed by atoms with van der Waals surface area (Å²) >= 11 is 0. The fourth-order valence-corrected chi connectivity index (χ4v) is 3.39. The Balaban J connectivity index is 2.98. The number of rotatable bonds is 17. The summed E-state index contributed by atoms with van der Waals surface area (Å²) in [6.07, 6.45) is 3.58. The number of hydrogen-bond donors (Lipinski definition) is 7. The summed E-state index contributed by atoms with van der Waals surface area (Å²) in [6.45, 7) is 2.28. The number of aliphatic carboxylic acids is 1. The standard InChI is InChI=1S/C24H40N6O5/c1-16(24(34)35)28-23(33)20(15-17-9-3-2-4-10-17)30-22(32)19(12-6-8-14-26)29-21(31)18(27)11-5-7-13-25/h2-4,9-10,16,18-20H,5-8,11-15,25-27H2,1H3,(H,28,33)(H,29,31)(H,30,32)(H,34,35). The minimum absolute atomic E-state index is 0.146. The van der Waals surface area contributed by atoms with Gasteiger partial charge in [-0.25, -0.2) is 0 Å². The van der Waals surface area contributed by atoms with Crippen LogP contribution in [-0.2, 0) is 25.6 Å². The van der Waals surface area contributed by atoms with Crippen LogP contribution in [0.5, 0.6) is 0 Å². The van der Waals surface area contributed by atoms with E-state index in [2.05, 4.69) is 16.0 Å². The summed E-state index contributed by atoms with van der Waals surface area (Å²) < 4.78 is 0. The fourth-order valence-electron chi connectivity index (χ4n) is 3.39. The van der Waals surface area contributed by atoms with Crippen molar-refractivity contribution < 1.29 is 24.3 Å². The number of carboxylic acid groups (broad SMARTS) is 1. The highest BCUT2D eigenvalue weighted by Gasteiger charge is 2.29. The molecule has 0 saturated heterocycles. The van der Waals surface area contributed by atoms with Gasteiger partial charge in [-0.1, -0.05) is 36.8 Å². The van der Waals surface area contributed by atoms with Gasteiger partial charge in [0.15, 0.2) is 0 Å². The number of hydrogen-bond acceptors (Lipinski definition) is 7. The fraction of sp³-hybridized carbons (Fsp3) is 0.583. The van der Waals surface area contributed by atoms with Crippen molar-refractivity contribution in [3.63, 3.8) is 0 Å². The van der Waals surface area contributed by atoms with E-state index in [9.17, 15) is 19.2 Å². The van der Waals surface area contributed by atoms with Crippen LogP contribution in [0.4, 0.5) is 0 Å². The first-order valence-corrected chi connectivity index (χ1v) is 12.0. The van der Waals surface area contributed by atoms with E-state index < -0.39 is 47.9 Å². The van der Waals surface area contributed by atoms with Gasteiger partial charge < -0.3 is 38.3 Å². The second-order valence-electron chi connectivity index (χ2n) is 8.56. The molecule has 11 nitrogen and oxygen atoms in total. The highest BCUT2D eigenvalue weighted by atomic mass is 16.4. The van der Waals surface area contributed by atoms with E-state index in [1.54, 1.807) is 24.3 Å². The topological polar surface area (TPSA) is 203 Å². The molecule has 0 radical (unpaired) electrons. The molecule has 0 fully saturated rings. The first-order valence-electron chi connectivity index (χ1n) is 12.0. The highest BCUT2D eigenvalue weighted by molar-refractivity contribution is 5.94. The molecule has 4 unspecified atom stereocenters. The van der Waals surface area contributed by atoms with Crippen LogP contribution in [0.1, 0.15) is 51.0 Å². The summed E-state index contributed by atoms with van der Waals surface area (Å²) in [5.41, 5.74) is 17.8. The zero-order valence-electron chi connectivity index (χ0n) is 20.4. The molecule has 196 valence electrons. The van der Waals surface area contributed by atoms with Gasteiger partial charge in [-0.15, -0.1) is 0 Å². The van der Waals surface area contributed by atoms with Crippen molar-refractivity contribution in [1.82, 2.24) is 16.0 Å². The third-order valence-electron chi connectivity index (χ3n) is 5.53. The van der Waals surface area contributed by atoms with Crippen LogP contribution >= 0.6 is 0 Å². The molecule has 1 aromatic carbocycles. The molecule has 35 heavy (non-hydrogen) atoms. The van der Waals surface area contributed by atoms with Crippen molar-refractivity contribution in [2.75, 3.05) is 13.1 Å². The first kappa shape index (κ1) is 30.0. The summed E-state index contributed by atoms with van der Waals surface area (Å²) in [5.74, 6) is -2.84. The number of unbranched alkanes of at least 4 members (excludes halogenated alkanes) is 2. The molecule has 0 heterocycles. The highest BCUT2D eigenvalue weighted by Crippen LogP contribution is 2.08. The average molecular weight is 493 g/mol. The second-order valence-corrected chi connectivity index (χ2v) is 8.56. The smallest absolute Gasteiger partial charge is 0.325 e. The van der Waals surface area contributed by atoms with Crippen LogP contribution in [0.15, 0.2) is 30.3 Å². The van der Waals surface area contributed by atoms with Gasteiger partial charge >= 0.3 is 5.97 Å². The lowest BCUT2D eigenvalue weighted by atomic mass is 10.0. The molecule has 0 aromatic heterocycles. The summed E-state index contributed by atoms with van der Waals surface area (Å²) in [6, 6.07) is 5.14. The summed E-state index contributed by atoms with van der Waals surface area (Å²) in [5, 5.41) is 16.9. The Morgan fingerprint density at radius 1 is 0.800 bits per heavy atom. The van der Waals surface area contributed by atoms with Crippen LogP contribution in [-0.4, -0.2) is 66.1 Å². The molecule has 1 rings (SSSR count). The SMILES string of the molecule is CC(NC(=O)C(Cc1ccccc1)NC(=O)C(CCCCN)NC(=O)C(N)CCCCN)C(=O)O. The van der Waals surface area contributed by atoms with Crippen LogP contribution in [0.25, 0.3) is 0 Å². The molecular weight excluding hydrogens is 452 g/mol. The zero-order valence-corrected chi connectivity index (χ0v) is 20.4. The number of carbonyl (C=O) groups excluding carboxylic acids is 3. The molecule has 11 heteroatoms. The van der Waals surface area contributed by atoms with Crippen LogP contribution in [0, 0.1) is 0 Å².